The Bertz CT molecular complexity index is 630. The lowest BCUT2D eigenvalue weighted by molar-refractivity contribution is 0.187. The standard InChI is InChI=1S/C18H42O7P4S6/c1-13(2)20-26(21-14(3)4)33(30)29(19,34(31)27(22-15(5)6)23-16(7)8)35(32)28(24-17(9)10)25-18(11)12/h13-18H,1-12H3. The van der Waals surface area contributed by atoms with Crippen molar-refractivity contribution in [3.05, 3.63) is 0 Å². The van der Waals surface area contributed by atoms with Crippen LogP contribution in [0.5, 0.6) is 0 Å². The van der Waals surface area contributed by atoms with Crippen LogP contribution in [0.4, 0.5) is 0 Å². The van der Waals surface area contributed by atoms with E-state index in [1.165, 1.54) is 0 Å². The molecule has 0 aromatic carbocycles. The predicted octanol–water partition coefficient (Wildman–Crippen LogP) is 8.57. The molecule has 0 saturated carbocycles. The first kappa shape index (κ1) is 38.0. The minimum Gasteiger partial charge on any atom is -0.323 e. The Labute approximate surface area is 237 Å². The molecule has 3 unspecified atom stereocenters. The van der Waals surface area contributed by atoms with Crippen LogP contribution in [0.1, 0.15) is 83.1 Å². The molecule has 0 spiro atoms. The highest BCUT2D eigenvalue weighted by molar-refractivity contribution is 9.35. The van der Waals surface area contributed by atoms with Crippen molar-refractivity contribution in [2.75, 3.05) is 0 Å². The lowest BCUT2D eigenvalue weighted by atomic mass is 10.5. The molecule has 0 fully saturated rings. The first-order valence-corrected chi connectivity index (χ1v) is 26.5. The van der Waals surface area contributed by atoms with Gasteiger partial charge in [-0.3, -0.25) is 4.57 Å². The third-order valence-corrected chi connectivity index (χ3v) is 53.4. The Hall–Kier alpha value is 2.99. The van der Waals surface area contributed by atoms with Crippen molar-refractivity contribution in [1.29, 1.82) is 0 Å². The molecule has 212 valence electrons. The maximum absolute atomic E-state index is 15.2. The van der Waals surface area contributed by atoms with Crippen LogP contribution in [0, 0.1) is 0 Å². The van der Waals surface area contributed by atoms with Crippen LogP contribution in [0.15, 0.2) is 0 Å². The van der Waals surface area contributed by atoms with E-state index in [1.54, 1.807) is 0 Å². The smallest absolute Gasteiger partial charge is 0.279 e. The molecule has 0 bridgehead atoms. The third kappa shape index (κ3) is 13.9. The van der Waals surface area contributed by atoms with Crippen molar-refractivity contribution >= 4 is 87.1 Å². The van der Waals surface area contributed by atoms with Crippen molar-refractivity contribution in [3.63, 3.8) is 0 Å². The molecule has 35 heavy (non-hydrogen) atoms. The maximum atomic E-state index is 15.2. The molecule has 0 aromatic heterocycles. The van der Waals surface area contributed by atoms with Gasteiger partial charge in [-0.1, -0.05) is 0 Å². The predicted molar refractivity (Wildman–Crippen MR) is 170 cm³/mol. The summed E-state index contributed by atoms with van der Waals surface area (Å²) in [5, 5.41) is 0. The Morgan fingerprint density at radius 2 is 0.600 bits per heavy atom. The van der Waals surface area contributed by atoms with Crippen molar-refractivity contribution in [2.45, 2.75) is 120 Å². The van der Waals surface area contributed by atoms with Gasteiger partial charge in [0.1, 0.15) is 0 Å². The van der Waals surface area contributed by atoms with Crippen LogP contribution >= 0.6 is 27.5 Å². The molecule has 0 rings (SSSR count). The molecule has 3 atom stereocenters. The van der Waals surface area contributed by atoms with Crippen LogP contribution in [0.3, 0.4) is 0 Å². The lowest BCUT2D eigenvalue weighted by Crippen LogP contribution is -2.14. The Balaban J connectivity index is 6.84. The lowest BCUT2D eigenvalue weighted by Gasteiger charge is -2.34. The Kier molecular flexibility index (Phi) is 20.0. The SMILES string of the molecule is CC(C)OP(OC(C)C)S(=S)P(=O)(S(=S)P(OC(C)C)OC(C)C)S(=S)P(OC(C)C)OC(C)C. The fourth-order valence-corrected chi connectivity index (χ4v) is 67.6. The molecule has 0 heterocycles. The summed E-state index contributed by atoms with van der Waals surface area (Å²) in [5.74, 6) is 0. The van der Waals surface area contributed by atoms with Crippen LogP contribution in [-0.2, 0) is 91.4 Å². The number of rotatable bonds is 18. The summed E-state index contributed by atoms with van der Waals surface area (Å²) >= 11 is 18.0. The quantitative estimate of drug-likeness (QED) is 0.131. The molecular formula is C18H42O7P4S6. The monoisotopic (exact) mass is 686 g/mol. The van der Waals surface area contributed by atoms with Crippen LogP contribution in [0.2, 0.25) is 0 Å². The summed E-state index contributed by atoms with van der Waals surface area (Å²) in [4.78, 5) is 0. The largest absolute Gasteiger partial charge is 0.323 e. The zero-order chi connectivity index (χ0) is 27.7. The van der Waals surface area contributed by atoms with Gasteiger partial charge in [0.05, 0.1) is 36.6 Å². The topological polar surface area (TPSA) is 72.5 Å². The van der Waals surface area contributed by atoms with Gasteiger partial charge >= 0.3 is 0 Å². The first-order chi connectivity index (χ1) is 15.9. The average molecular weight is 687 g/mol. The number of hydrogen-bond acceptors (Lipinski definition) is 10. The average Bonchev–Trinajstić information content (AvgIpc) is 2.67. The minimum atomic E-state index is -3.63. The van der Waals surface area contributed by atoms with E-state index in [1.807, 2.05) is 83.1 Å². The summed E-state index contributed by atoms with van der Waals surface area (Å²) in [5.41, 5.74) is 0. The van der Waals surface area contributed by atoms with Gasteiger partial charge in [0.15, 0.2) is 0 Å². The van der Waals surface area contributed by atoms with Gasteiger partial charge in [0.25, 0.3) is 27.5 Å². The molecule has 0 aromatic rings. The van der Waals surface area contributed by atoms with Crippen LogP contribution in [-0.4, -0.2) is 36.6 Å². The summed E-state index contributed by atoms with van der Waals surface area (Å²) in [6, 6.07) is 0. The van der Waals surface area contributed by atoms with Gasteiger partial charge in [0, 0.05) is 26.1 Å². The summed E-state index contributed by atoms with van der Waals surface area (Å²) < 4.78 is 48.2. The zero-order valence-corrected chi connectivity index (χ0v) is 31.0. The molecule has 0 aliphatic carbocycles. The van der Waals surface area contributed by atoms with Crippen molar-refractivity contribution < 1.29 is 31.7 Å². The maximum Gasteiger partial charge on any atom is 0.279 e. The third-order valence-electron chi connectivity index (χ3n) is 2.74. The van der Waals surface area contributed by atoms with E-state index in [0.29, 0.717) is 0 Å². The van der Waals surface area contributed by atoms with E-state index in [9.17, 15) is 0 Å². The second-order valence-corrected chi connectivity index (χ2v) is 39.6. The van der Waals surface area contributed by atoms with Crippen molar-refractivity contribution in [3.8, 4) is 0 Å². The van der Waals surface area contributed by atoms with Gasteiger partial charge in [-0.25, -0.2) is 0 Å². The number of hydrogen-bond donors (Lipinski definition) is 0. The Morgan fingerprint density at radius 1 is 0.457 bits per heavy atom. The molecule has 0 N–H and O–H groups in total. The highest BCUT2D eigenvalue weighted by Crippen LogP contribution is 2.80. The van der Waals surface area contributed by atoms with Gasteiger partial charge in [-0.2, -0.15) is 0 Å². The molecule has 0 amide bonds. The van der Waals surface area contributed by atoms with Crippen molar-refractivity contribution in [2.24, 2.45) is 0 Å². The van der Waals surface area contributed by atoms with E-state index < -0.39 is 53.6 Å². The fourth-order valence-electron chi connectivity index (χ4n) is 1.74. The summed E-state index contributed by atoms with van der Waals surface area (Å²) in [7, 11) is -9.15. The summed E-state index contributed by atoms with van der Waals surface area (Å²) in [6.07, 6.45) is -1.05. The molecule has 0 aliphatic rings. The van der Waals surface area contributed by atoms with E-state index in [-0.39, 0.29) is 36.6 Å². The van der Waals surface area contributed by atoms with Crippen LogP contribution < -0.4 is 0 Å². The second kappa shape index (κ2) is 18.4. The van der Waals surface area contributed by atoms with Crippen LogP contribution in [0.25, 0.3) is 0 Å². The second-order valence-electron chi connectivity index (χ2n) is 8.74. The van der Waals surface area contributed by atoms with Gasteiger partial charge in [0.2, 0.25) is 0 Å². The minimum absolute atomic E-state index is 0.175. The molecule has 0 aliphatic heterocycles. The zero-order valence-electron chi connectivity index (χ0n) is 22.6. The molecule has 17 heteroatoms. The molecular weight excluding hydrogens is 644 g/mol. The first-order valence-electron chi connectivity index (χ1n) is 11.2. The Morgan fingerprint density at radius 3 is 0.714 bits per heavy atom. The van der Waals surface area contributed by atoms with Gasteiger partial charge < -0.3 is 27.1 Å². The normalized spacial score (nSPS) is 17.6. The highest BCUT2D eigenvalue weighted by atomic mass is 33.8. The highest BCUT2D eigenvalue weighted by Gasteiger charge is 2.50. The van der Waals surface area contributed by atoms with Gasteiger partial charge in [-0.05, 0) is 117 Å². The van der Waals surface area contributed by atoms with E-state index in [4.69, 9.17) is 60.7 Å². The molecule has 0 saturated heterocycles. The fraction of sp³-hybridized carbons (Fsp3) is 1.00. The van der Waals surface area contributed by atoms with E-state index >= 15 is 4.57 Å². The summed E-state index contributed by atoms with van der Waals surface area (Å²) in [6.45, 7) is 22.7. The van der Waals surface area contributed by atoms with E-state index in [0.717, 1.165) is 0 Å². The van der Waals surface area contributed by atoms with Gasteiger partial charge in [-0.15, -0.1) is 0 Å². The van der Waals surface area contributed by atoms with E-state index in [2.05, 4.69) is 0 Å². The molecule has 0 radical (unpaired) electrons. The molecule has 7 nitrogen and oxygen atoms in total. The van der Waals surface area contributed by atoms with Crippen molar-refractivity contribution in [1.82, 2.24) is 0 Å².